The molecule has 0 saturated heterocycles. The summed E-state index contributed by atoms with van der Waals surface area (Å²) >= 11 is 0. The van der Waals surface area contributed by atoms with Crippen LogP contribution < -0.4 is 0 Å². The quantitative estimate of drug-likeness (QED) is 0.268. The van der Waals surface area contributed by atoms with E-state index >= 15 is 0 Å². The van der Waals surface area contributed by atoms with Crippen molar-refractivity contribution in [2.75, 3.05) is 0 Å². The van der Waals surface area contributed by atoms with E-state index in [0.29, 0.717) is 11.5 Å². The molecule has 0 spiro atoms. The van der Waals surface area contributed by atoms with Crippen molar-refractivity contribution in [3.63, 3.8) is 0 Å². The summed E-state index contributed by atoms with van der Waals surface area (Å²) in [5.74, 6) is 0.00771. The maximum absolute atomic E-state index is 13.2. The lowest BCUT2D eigenvalue weighted by Gasteiger charge is -2.69. The van der Waals surface area contributed by atoms with Crippen molar-refractivity contribution in [3.8, 4) is 0 Å². The number of allylic oxidation sites excluding steroid dienone is 4. The monoisotopic (exact) mass is 480 g/mol. The highest BCUT2D eigenvalue weighted by molar-refractivity contribution is 6.15. The normalized spacial score (nSPS) is 47.7. The summed E-state index contributed by atoms with van der Waals surface area (Å²) in [4.78, 5) is 37.9. The fourth-order valence-electron chi connectivity index (χ4n) is 10.3. The lowest BCUT2D eigenvalue weighted by Crippen LogP contribution is -2.64. The van der Waals surface area contributed by atoms with E-state index in [2.05, 4.69) is 40.7 Å². The van der Waals surface area contributed by atoms with Crippen molar-refractivity contribution in [3.05, 3.63) is 23.3 Å². The van der Waals surface area contributed by atoms with Gasteiger partial charge < -0.3 is 5.11 Å². The van der Waals surface area contributed by atoms with Gasteiger partial charge in [-0.3, -0.25) is 14.4 Å². The molecule has 4 heteroatoms. The molecule has 0 amide bonds. The van der Waals surface area contributed by atoms with Gasteiger partial charge in [-0.15, -0.1) is 0 Å². The Bertz CT molecular complexity index is 1060. The van der Waals surface area contributed by atoms with E-state index in [9.17, 15) is 19.5 Å². The second-order valence-corrected chi connectivity index (χ2v) is 14.8. The molecular formula is C31H44O4. The molecule has 0 aromatic heterocycles. The van der Waals surface area contributed by atoms with Crippen molar-refractivity contribution in [1.82, 2.24) is 0 Å². The summed E-state index contributed by atoms with van der Waals surface area (Å²) in [5, 5.41) is 10.5. The van der Waals surface area contributed by atoms with Gasteiger partial charge in [-0.05, 0) is 90.8 Å². The van der Waals surface area contributed by atoms with Crippen molar-refractivity contribution in [2.45, 2.75) is 99.8 Å². The molecule has 5 aliphatic rings. The lowest BCUT2D eigenvalue weighted by atomic mass is 9.34. The van der Waals surface area contributed by atoms with Crippen LogP contribution >= 0.6 is 0 Å². The van der Waals surface area contributed by atoms with Gasteiger partial charge in [0.1, 0.15) is 0 Å². The second kappa shape index (κ2) is 7.19. The Hall–Kier alpha value is -1.71. The van der Waals surface area contributed by atoms with Crippen molar-refractivity contribution in [1.29, 1.82) is 0 Å². The molecule has 5 aliphatic carbocycles. The molecule has 3 fully saturated rings. The van der Waals surface area contributed by atoms with Crippen LogP contribution in [0.5, 0.6) is 0 Å². The number of hydrogen-bond acceptors (Lipinski definition) is 3. The number of aldehydes is 1. The first-order valence-corrected chi connectivity index (χ1v) is 13.8. The van der Waals surface area contributed by atoms with Crippen LogP contribution in [0.2, 0.25) is 0 Å². The summed E-state index contributed by atoms with van der Waals surface area (Å²) in [6, 6.07) is 0. The Labute approximate surface area is 211 Å². The summed E-state index contributed by atoms with van der Waals surface area (Å²) in [7, 11) is 0. The van der Waals surface area contributed by atoms with Crippen molar-refractivity contribution >= 4 is 18.0 Å². The topological polar surface area (TPSA) is 71.4 Å². The van der Waals surface area contributed by atoms with Crippen molar-refractivity contribution < 1.29 is 19.5 Å². The minimum atomic E-state index is -0.630. The fraction of sp³-hybridized carbons (Fsp3) is 0.774. The first-order chi connectivity index (χ1) is 16.1. The highest BCUT2D eigenvalue weighted by atomic mass is 16.4. The number of aliphatic carboxylic acids is 1. The minimum Gasteiger partial charge on any atom is -0.481 e. The van der Waals surface area contributed by atoms with Gasteiger partial charge in [-0.25, -0.2) is 0 Å². The Balaban J connectivity index is 1.65. The van der Waals surface area contributed by atoms with Crippen LogP contribution in [0.3, 0.4) is 0 Å². The molecule has 0 aromatic rings. The van der Waals surface area contributed by atoms with Crippen LogP contribution in [-0.4, -0.2) is 23.1 Å². The number of carbonyl (C=O) groups is 3. The zero-order chi connectivity index (χ0) is 25.8. The van der Waals surface area contributed by atoms with E-state index in [1.54, 1.807) is 0 Å². The first kappa shape index (κ1) is 25.0. The average molecular weight is 481 g/mol. The van der Waals surface area contributed by atoms with E-state index in [0.717, 1.165) is 57.7 Å². The van der Waals surface area contributed by atoms with Crippen LogP contribution in [-0.2, 0) is 14.4 Å². The Kier molecular flexibility index (Phi) is 5.13. The number of ketones is 1. The van der Waals surface area contributed by atoms with Gasteiger partial charge >= 0.3 is 5.97 Å². The molecule has 0 aliphatic heterocycles. The molecule has 0 bridgehead atoms. The van der Waals surface area contributed by atoms with Crippen LogP contribution in [0.4, 0.5) is 0 Å². The molecule has 3 saturated carbocycles. The number of Topliss-reactive ketones (excluding diaryl/α,β-unsaturated/α-hetero) is 1. The predicted molar refractivity (Wildman–Crippen MR) is 137 cm³/mol. The number of rotatable bonds is 2. The summed E-state index contributed by atoms with van der Waals surface area (Å²) in [6.45, 7) is 15.9. The number of carboxylic acid groups (broad SMARTS) is 1. The molecule has 0 heterocycles. The first-order valence-electron chi connectivity index (χ1n) is 13.8. The van der Waals surface area contributed by atoms with Gasteiger partial charge in [-0.2, -0.15) is 0 Å². The molecule has 2 unspecified atom stereocenters. The van der Waals surface area contributed by atoms with Crippen molar-refractivity contribution in [2.24, 2.45) is 50.2 Å². The predicted octanol–water partition coefficient (Wildman–Crippen LogP) is 6.79. The number of hydrogen-bond donors (Lipinski definition) is 1. The number of fused-ring (bicyclic) bond motifs is 7. The van der Waals surface area contributed by atoms with Gasteiger partial charge in [0.15, 0.2) is 12.1 Å². The Morgan fingerprint density at radius 2 is 1.63 bits per heavy atom. The zero-order valence-electron chi connectivity index (χ0n) is 22.8. The van der Waals surface area contributed by atoms with E-state index in [-0.39, 0.29) is 39.3 Å². The molecule has 7 atom stereocenters. The van der Waals surface area contributed by atoms with Crippen LogP contribution in [0, 0.1) is 50.2 Å². The minimum absolute atomic E-state index is 0.00442. The maximum Gasteiger partial charge on any atom is 0.310 e. The van der Waals surface area contributed by atoms with Gasteiger partial charge in [0.2, 0.25) is 0 Å². The molecular weight excluding hydrogens is 436 g/mol. The van der Waals surface area contributed by atoms with Crippen LogP contribution in [0.25, 0.3) is 0 Å². The lowest BCUT2D eigenvalue weighted by molar-refractivity contribution is -0.174. The second-order valence-electron chi connectivity index (χ2n) is 14.8. The third kappa shape index (κ3) is 2.95. The largest absolute Gasteiger partial charge is 0.481 e. The maximum atomic E-state index is 13.2. The van der Waals surface area contributed by atoms with Gasteiger partial charge in [0.25, 0.3) is 0 Å². The molecule has 4 nitrogen and oxygen atoms in total. The molecule has 0 aromatic carbocycles. The highest BCUT2D eigenvalue weighted by Crippen LogP contribution is 2.75. The smallest absolute Gasteiger partial charge is 0.310 e. The average Bonchev–Trinajstić information content (AvgIpc) is 2.76. The molecule has 35 heavy (non-hydrogen) atoms. The van der Waals surface area contributed by atoms with Crippen LogP contribution in [0.15, 0.2) is 23.3 Å². The van der Waals surface area contributed by atoms with E-state index in [4.69, 9.17) is 0 Å². The third-order valence-corrected chi connectivity index (χ3v) is 12.6. The van der Waals surface area contributed by atoms with Gasteiger partial charge in [0, 0.05) is 5.41 Å². The number of carbonyl (C=O) groups excluding carboxylic acids is 2. The Morgan fingerprint density at radius 1 is 0.971 bits per heavy atom. The molecule has 1 N–H and O–H groups in total. The van der Waals surface area contributed by atoms with Gasteiger partial charge in [-0.1, -0.05) is 66.2 Å². The summed E-state index contributed by atoms with van der Waals surface area (Å²) < 4.78 is 0. The Morgan fingerprint density at radius 3 is 2.26 bits per heavy atom. The zero-order valence-corrected chi connectivity index (χ0v) is 22.8. The molecule has 5 rings (SSSR count). The third-order valence-electron chi connectivity index (χ3n) is 12.6. The highest BCUT2D eigenvalue weighted by Gasteiger charge is 2.69. The fourth-order valence-corrected chi connectivity index (χ4v) is 10.3. The van der Waals surface area contributed by atoms with Gasteiger partial charge in [0.05, 0.1) is 11.0 Å². The van der Waals surface area contributed by atoms with E-state index in [1.165, 1.54) is 5.57 Å². The summed E-state index contributed by atoms with van der Waals surface area (Å²) in [6.07, 6.45) is 12.5. The van der Waals surface area contributed by atoms with E-state index < -0.39 is 16.8 Å². The number of carboxylic acids is 1. The van der Waals surface area contributed by atoms with Crippen LogP contribution in [0.1, 0.15) is 99.8 Å². The SMILES string of the molecule is CC1(C)CC[C@]2(C(=O)O)CC[C@]3(C)C(=CCC4[C@@]5(C)C=C(C=O)C(=O)C(C)(C)[C@@H]5CC[C@]43C)C2C1. The molecule has 0 radical (unpaired) electrons. The standard InChI is InChI=1S/C31H44O4/c1-26(2)12-14-31(25(34)35)15-13-29(6)20(21(31)17-26)8-9-23-28(5)16-19(18-32)24(33)27(3,4)22(28)10-11-30(23,29)7/h8,16,18,21-23H,9-15,17H2,1-7H3,(H,34,35)/t21?,22-,23?,28-,29+,30+,31-/m0/s1. The summed E-state index contributed by atoms with van der Waals surface area (Å²) in [5.41, 5.74) is 0.417. The van der Waals surface area contributed by atoms with E-state index in [1.807, 2.05) is 19.9 Å². The molecule has 192 valence electrons.